The molecule has 1 amide bonds. The molecule has 0 atom stereocenters. The predicted molar refractivity (Wildman–Crippen MR) is 94.2 cm³/mol. The molecule has 9 heteroatoms. The minimum absolute atomic E-state index is 0.0190. The van der Waals surface area contributed by atoms with Gasteiger partial charge in [-0.1, -0.05) is 23.4 Å². The lowest BCUT2D eigenvalue weighted by Crippen LogP contribution is -2.29. The van der Waals surface area contributed by atoms with Crippen molar-refractivity contribution in [2.45, 2.75) is 18.1 Å². The Bertz CT molecular complexity index is 915. The molecule has 4 rings (SSSR count). The second-order valence-corrected chi connectivity index (χ2v) is 7.01. The van der Waals surface area contributed by atoms with E-state index in [4.69, 9.17) is 21.1 Å². The Morgan fingerprint density at radius 3 is 2.84 bits per heavy atom. The first-order valence-electron chi connectivity index (χ1n) is 7.76. The Kier molecular flexibility index (Phi) is 4.30. The number of ether oxygens (including phenoxy) is 2. The van der Waals surface area contributed by atoms with E-state index >= 15 is 0 Å². The number of benzene rings is 1. The summed E-state index contributed by atoms with van der Waals surface area (Å²) in [5, 5.41) is 3.60. The Morgan fingerprint density at radius 2 is 2.04 bits per heavy atom. The molecule has 130 valence electrons. The summed E-state index contributed by atoms with van der Waals surface area (Å²) in [7, 11) is 0. The van der Waals surface area contributed by atoms with E-state index in [1.54, 1.807) is 12.1 Å². The molecule has 7 nitrogen and oxygen atoms in total. The van der Waals surface area contributed by atoms with E-state index in [1.807, 2.05) is 0 Å². The zero-order valence-corrected chi connectivity index (χ0v) is 14.7. The van der Waals surface area contributed by atoms with Crippen molar-refractivity contribution in [2.24, 2.45) is 0 Å². The van der Waals surface area contributed by atoms with E-state index < -0.39 is 5.91 Å². The van der Waals surface area contributed by atoms with Crippen LogP contribution in [0.4, 0.5) is 5.69 Å². The van der Waals surface area contributed by atoms with E-state index in [1.165, 1.54) is 22.5 Å². The third kappa shape index (κ3) is 3.07. The summed E-state index contributed by atoms with van der Waals surface area (Å²) in [6, 6.07) is 3.21. The molecule has 1 aromatic heterocycles. The summed E-state index contributed by atoms with van der Waals surface area (Å²) >= 11 is 7.72. The van der Waals surface area contributed by atoms with Crippen LogP contribution in [0.25, 0.3) is 0 Å². The van der Waals surface area contributed by atoms with Gasteiger partial charge in [0.25, 0.3) is 11.5 Å². The number of nitrogens with one attached hydrogen (secondary N) is 1. The van der Waals surface area contributed by atoms with Crippen LogP contribution in [0.5, 0.6) is 11.5 Å². The minimum Gasteiger partial charge on any atom is -0.490 e. The number of hydrogen-bond acceptors (Lipinski definition) is 6. The second kappa shape index (κ2) is 6.61. The van der Waals surface area contributed by atoms with Crippen molar-refractivity contribution in [2.75, 3.05) is 24.3 Å². The van der Waals surface area contributed by atoms with Crippen molar-refractivity contribution in [3.8, 4) is 11.5 Å². The van der Waals surface area contributed by atoms with Gasteiger partial charge in [-0.15, -0.1) is 0 Å². The topological polar surface area (TPSA) is 82.4 Å². The SMILES string of the molecule is O=C(Nc1cc2c(cc1Cl)OCCCO2)c1cnc2n(c1=O)CCS2. The lowest BCUT2D eigenvalue weighted by Gasteiger charge is -2.12. The Hall–Kier alpha value is -2.19. The molecule has 25 heavy (non-hydrogen) atoms. The zero-order chi connectivity index (χ0) is 17.4. The van der Waals surface area contributed by atoms with Gasteiger partial charge in [0, 0.05) is 37.0 Å². The second-order valence-electron chi connectivity index (χ2n) is 5.54. The molecular weight excluding hydrogens is 366 g/mol. The number of fused-ring (bicyclic) bond motifs is 2. The summed E-state index contributed by atoms with van der Waals surface area (Å²) in [5.41, 5.74) is -0.0115. The van der Waals surface area contributed by atoms with E-state index in [0.717, 1.165) is 12.2 Å². The summed E-state index contributed by atoms with van der Waals surface area (Å²) < 4.78 is 12.7. The van der Waals surface area contributed by atoms with Gasteiger partial charge in [0.05, 0.1) is 23.9 Å². The number of aromatic nitrogens is 2. The molecule has 1 N–H and O–H groups in total. The number of amides is 1. The molecule has 0 unspecified atom stereocenters. The van der Waals surface area contributed by atoms with Gasteiger partial charge in [0.15, 0.2) is 16.7 Å². The van der Waals surface area contributed by atoms with Gasteiger partial charge >= 0.3 is 0 Å². The molecule has 0 bridgehead atoms. The average Bonchev–Trinajstić information content (AvgIpc) is 2.97. The van der Waals surface area contributed by atoms with Crippen molar-refractivity contribution in [1.29, 1.82) is 0 Å². The number of hydrogen-bond donors (Lipinski definition) is 1. The van der Waals surface area contributed by atoms with Gasteiger partial charge in [0.2, 0.25) is 0 Å². The normalized spacial score (nSPS) is 15.4. The van der Waals surface area contributed by atoms with Crippen LogP contribution in [0.3, 0.4) is 0 Å². The third-order valence-electron chi connectivity index (χ3n) is 3.89. The molecule has 3 heterocycles. The summed E-state index contributed by atoms with van der Waals surface area (Å²) in [5.74, 6) is 1.27. The Balaban J connectivity index is 1.63. The van der Waals surface area contributed by atoms with Crippen molar-refractivity contribution < 1.29 is 14.3 Å². The van der Waals surface area contributed by atoms with Crippen LogP contribution in [0.1, 0.15) is 16.8 Å². The first kappa shape index (κ1) is 16.3. The quantitative estimate of drug-likeness (QED) is 0.807. The van der Waals surface area contributed by atoms with Crippen LogP contribution < -0.4 is 20.3 Å². The maximum absolute atomic E-state index is 12.5. The number of halogens is 1. The molecule has 1 aromatic carbocycles. The van der Waals surface area contributed by atoms with Gasteiger partial charge in [0.1, 0.15) is 5.56 Å². The van der Waals surface area contributed by atoms with E-state index in [-0.39, 0.29) is 11.1 Å². The largest absolute Gasteiger partial charge is 0.490 e. The minimum atomic E-state index is -0.555. The highest BCUT2D eigenvalue weighted by atomic mass is 35.5. The lowest BCUT2D eigenvalue weighted by atomic mass is 10.2. The highest BCUT2D eigenvalue weighted by Crippen LogP contribution is 2.37. The van der Waals surface area contributed by atoms with Crippen LogP contribution in [-0.2, 0) is 6.54 Å². The van der Waals surface area contributed by atoms with Crippen LogP contribution in [0.2, 0.25) is 5.02 Å². The third-order valence-corrected chi connectivity index (χ3v) is 5.17. The molecule has 0 aliphatic carbocycles. The number of carbonyl (C=O) groups is 1. The first-order chi connectivity index (χ1) is 12.1. The van der Waals surface area contributed by atoms with E-state index in [9.17, 15) is 9.59 Å². The van der Waals surface area contributed by atoms with Crippen molar-refractivity contribution in [3.63, 3.8) is 0 Å². The van der Waals surface area contributed by atoms with E-state index in [2.05, 4.69) is 10.3 Å². The average molecular weight is 380 g/mol. The molecule has 0 radical (unpaired) electrons. The molecule has 0 saturated carbocycles. The van der Waals surface area contributed by atoms with Crippen LogP contribution in [-0.4, -0.2) is 34.4 Å². The summed E-state index contributed by atoms with van der Waals surface area (Å²) in [6.07, 6.45) is 2.07. The monoisotopic (exact) mass is 379 g/mol. The van der Waals surface area contributed by atoms with Gasteiger partial charge in [-0.25, -0.2) is 4.98 Å². The van der Waals surface area contributed by atoms with Gasteiger partial charge < -0.3 is 14.8 Å². The lowest BCUT2D eigenvalue weighted by molar-refractivity contribution is 0.102. The highest BCUT2D eigenvalue weighted by molar-refractivity contribution is 7.99. The predicted octanol–water partition coefficient (Wildman–Crippen LogP) is 2.42. The fourth-order valence-electron chi connectivity index (χ4n) is 2.64. The van der Waals surface area contributed by atoms with Gasteiger partial charge in [-0.05, 0) is 0 Å². The number of carbonyl (C=O) groups excluding carboxylic acids is 1. The Morgan fingerprint density at radius 1 is 1.28 bits per heavy atom. The van der Waals surface area contributed by atoms with Crippen LogP contribution in [0.15, 0.2) is 28.3 Å². The van der Waals surface area contributed by atoms with Crippen molar-refractivity contribution in [3.05, 3.63) is 39.3 Å². The number of thioether (sulfide) groups is 1. The molecule has 2 aliphatic rings. The number of rotatable bonds is 2. The van der Waals surface area contributed by atoms with Crippen LogP contribution >= 0.6 is 23.4 Å². The standard InChI is InChI=1S/C16H14ClN3O4S/c17-10-6-12-13(24-4-1-3-23-12)7-11(10)19-14(21)9-8-18-16-20(15(9)22)2-5-25-16/h6-8H,1-5H2,(H,19,21). The van der Waals surface area contributed by atoms with Crippen molar-refractivity contribution in [1.82, 2.24) is 9.55 Å². The highest BCUT2D eigenvalue weighted by Gasteiger charge is 2.21. The molecule has 2 aromatic rings. The van der Waals surface area contributed by atoms with Crippen LogP contribution in [0, 0.1) is 0 Å². The summed E-state index contributed by atoms with van der Waals surface area (Å²) in [6.45, 7) is 1.62. The molecule has 0 spiro atoms. The summed E-state index contributed by atoms with van der Waals surface area (Å²) in [4.78, 5) is 29.1. The Labute approximate surface area is 152 Å². The maximum Gasteiger partial charge on any atom is 0.267 e. The molecule has 2 aliphatic heterocycles. The number of anilines is 1. The fourth-order valence-corrected chi connectivity index (χ4v) is 3.76. The zero-order valence-electron chi connectivity index (χ0n) is 13.1. The fraction of sp³-hybridized carbons (Fsp3) is 0.312. The van der Waals surface area contributed by atoms with Crippen molar-refractivity contribution >= 4 is 35.0 Å². The molecular formula is C16H14ClN3O4S. The number of nitrogens with zero attached hydrogens (tertiary/aromatic N) is 2. The molecule has 0 saturated heterocycles. The maximum atomic E-state index is 12.5. The first-order valence-corrected chi connectivity index (χ1v) is 9.13. The molecule has 0 fully saturated rings. The van der Waals surface area contributed by atoms with Gasteiger partial charge in [-0.2, -0.15) is 0 Å². The van der Waals surface area contributed by atoms with E-state index in [0.29, 0.717) is 47.1 Å². The van der Waals surface area contributed by atoms with Gasteiger partial charge in [-0.3, -0.25) is 14.2 Å². The smallest absolute Gasteiger partial charge is 0.267 e.